The molecule has 0 saturated carbocycles. The van der Waals surface area contributed by atoms with E-state index in [1.165, 1.54) is 0 Å². The minimum atomic E-state index is -3.21. The summed E-state index contributed by atoms with van der Waals surface area (Å²) in [6.45, 7) is 0. The van der Waals surface area contributed by atoms with Crippen molar-refractivity contribution >= 4 is 21.6 Å². The van der Waals surface area contributed by atoms with E-state index in [-0.39, 0.29) is 11.0 Å². The summed E-state index contributed by atoms with van der Waals surface area (Å²) in [5.41, 5.74) is 0.795. The molecule has 0 radical (unpaired) electrons. The average molecular weight is 306 g/mol. The van der Waals surface area contributed by atoms with Crippen molar-refractivity contribution in [1.29, 1.82) is 0 Å². The van der Waals surface area contributed by atoms with Crippen LogP contribution in [0, 0.1) is 0 Å². The van der Waals surface area contributed by atoms with Gasteiger partial charge < -0.3 is 4.74 Å². The topological polar surface area (TPSA) is 43.4 Å². The van der Waals surface area contributed by atoms with Gasteiger partial charge in [0.15, 0.2) is 9.84 Å². The highest BCUT2D eigenvalue weighted by Gasteiger charge is 2.37. The molecule has 20 heavy (non-hydrogen) atoms. The first kappa shape index (κ1) is 13.5. The van der Waals surface area contributed by atoms with Crippen LogP contribution < -0.4 is 4.74 Å². The second-order valence-electron chi connectivity index (χ2n) is 4.57. The van der Waals surface area contributed by atoms with Gasteiger partial charge in [-0.2, -0.15) is 0 Å². The Morgan fingerprint density at radius 2 is 1.85 bits per heavy atom. The molecule has 0 saturated heterocycles. The highest BCUT2D eigenvalue weighted by Crippen LogP contribution is 2.48. The van der Waals surface area contributed by atoms with E-state index in [4.69, 9.17) is 4.74 Å². The average Bonchev–Trinajstić information content (AvgIpc) is 2.71. The summed E-state index contributed by atoms with van der Waals surface area (Å²) in [6, 6.07) is 15.0. The largest absolute Gasteiger partial charge is 0.496 e. The van der Waals surface area contributed by atoms with Crippen molar-refractivity contribution in [2.45, 2.75) is 15.0 Å². The Morgan fingerprint density at radius 3 is 2.55 bits per heavy atom. The monoisotopic (exact) mass is 306 g/mol. The van der Waals surface area contributed by atoms with E-state index in [0.29, 0.717) is 10.6 Å². The molecule has 0 N–H and O–H groups in total. The Morgan fingerprint density at radius 1 is 1.10 bits per heavy atom. The summed E-state index contributed by atoms with van der Waals surface area (Å²) < 4.78 is 29.8. The van der Waals surface area contributed by atoms with Crippen LogP contribution in [0.2, 0.25) is 0 Å². The third-order valence-corrected chi connectivity index (χ3v) is 6.54. The zero-order chi connectivity index (χ0) is 14.2. The minimum Gasteiger partial charge on any atom is -0.496 e. The van der Waals surface area contributed by atoms with Crippen LogP contribution in [-0.2, 0) is 9.84 Å². The predicted octanol–water partition coefficient (Wildman–Crippen LogP) is 3.32. The molecule has 0 bridgehead atoms. The number of hydrogen-bond acceptors (Lipinski definition) is 4. The molecule has 1 atom stereocenters. The van der Waals surface area contributed by atoms with Crippen LogP contribution in [-0.4, -0.2) is 21.3 Å². The fraction of sp³-hybridized carbons (Fsp3) is 0.200. The van der Waals surface area contributed by atoms with Gasteiger partial charge in [-0.05, 0) is 24.3 Å². The fourth-order valence-electron chi connectivity index (χ4n) is 2.42. The predicted molar refractivity (Wildman–Crippen MR) is 80.1 cm³/mol. The number of fused-ring (bicyclic) bond motifs is 1. The number of ether oxygens (including phenoxy) is 1. The highest BCUT2D eigenvalue weighted by atomic mass is 32.2. The van der Waals surface area contributed by atoms with Crippen molar-refractivity contribution in [3.8, 4) is 5.75 Å². The molecule has 0 spiro atoms. The summed E-state index contributed by atoms with van der Waals surface area (Å²) in [4.78, 5) is 1.47. The Hall–Kier alpha value is -1.46. The number of thioether (sulfide) groups is 1. The van der Waals surface area contributed by atoms with Crippen LogP contribution >= 0.6 is 11.8 Å². The van der Waals surface area contributed by atoms with Crippen molar-refractivity contribution < 1.29 is 13.2 Å². The van der Waals surface area contributed by atoms with Crippen LogP contribution in [0.4, 0.5) is 0 Å². The Kier molecular flexibility index (Phi) is 3.48. The molecule has 2 aromatic carbocycles. The standard InChI is InChI=1S/C15H14O3S2/c1-18-12-8-5-9-14-15(12)13(10-20(14,16)17)19-11-6-3-2-4-7-11/h2-9,13H,10H2,1H3. The van der Waals surface area contributed by atoms with Crippen molar-refractivity contribution in [3.63, 3.8) is 0 Å². The lowest BCUT2D eigenvalue weighted by atomic mass is 10.1. The molecule has 1 aliphatic heterocycles. The van der Waals surface area contributed by atoms with Crippen molar-refractivity contribution in [3.05, 3.63) is 54.1 Å². The molecular formula is C15H14O3S2. The van der Waals surface area contributed by atoms with Crippen LogP contribution in [0.3, 0.4) is 0 Å². The van der Waals surface area contributed by atoms with Crippen LogP contribution in [0.5, 0.6) is 5.75 Å². The van der Waals surface area contributed by atoms with Gasteiger partial charge in [-0.3, -0.25) is 0 Å². The third-order valence-electron chi connectivity index (χ3n) is 3.30. The third kappa shape index (κ3) is 2.31. The molecule has 1 heterocycles. The van der Waals surface area contributed by atoms with Gasteiger partial charge >= 0.3 is 0 Å². The lowest BCUT2D eigenvalue weighted by Crippen LogP contribution is -2.00. The maximum Gasteiger partial charge on any atom is 0.180 e. The molecule has 2 aromatic rings. The van der Waals surface area contributed by atoms with Crippen molar-refractivity contribution in [1.82, 2.24) is 0 Å². The molecule has 5 heteroatoms. The quantitative estimate of drug-likeness (QED) is 0.872. The zero-order valence-corrected chi connectivity index (χ0v) is 12.6. The summed E-state index contributed by atoms with van der Waals surface area (Å²) >= 11 is 1.57. The summed E-state index contributed by atoms with van der Waals surface area (Å²) in [7, 11) is -1.63. The maximum atomic E-state index is 12.3. The summed E-state index contributed by atoms with van der Waals surface area (Å²) in [5.74, 6) is 0.777. The van der Waals surface area contributed by atoms with E-state index in [1.54, 1.807) is 31.0 Å². The van der Waals surface area contributed by atoms with Crippen LogP contribution in [0.15, 0.2) is 58.3 Å². The molecule has 1 unspecified atom stereocenters. The van der Waals surface area contributed by atoms with E-state index < -0.39 is 9.84 Å². The van der Waals surface area contributed by atoms with Gasteiger partial charge in [0.25, 0.3) is 0 Å². The zero-order valence-electron chi connectivity index (χ0n) is 10.9. The van der Waals surface area contributed by atoms with E-state index >= 15 is 0 Å². The molecule has 0 fully saturated rings. The minimum absolute atomic E-state index is 0.117. The Bertz CT molecular complexity index is 724. The lowest BCUT2D eigenvalue weighted by Gasteiger charge is -2.13. The summed E-state index contributed by atoms with van der Waals surface area (Å²) in [5, 5.41) is -0.117. The van der Waals surface area contributed by atoms with Crippen LogP contribution in [0.1, 0.15) is 10.8 Å². The van der Waals surface area contributed by atoms with Gasteiger partial charge in [0.05, 0.1) is 23.0 Å². The molecule has 3 nitrogen and oxygen atoms in total. The normalized spacial score (nSPS) is 19.6. The Balaban J connectivity index is 2.05. The lowest BCUT2D eigenvalue weighted by molar-refractivity contribution is 0.409. The Labute approximate surface area is 122 Å². The van der Waals surface area contributed by atoms with Gasteiger partial charge in [0.1, 0.15) is 5.75 Å². The van der Waals surface area contributed by atoms with Crippen molar-refractivity contribution in [2.24, 2.45) is 0 Å². The maximum absolute atomic E-state index is 12.3. The number of benzene rings is 2. The molecule has 0 amide bonds. The van der Waals surface area contributed by atoms with E-state index in [2.05, 4.69) is 0 Å². The van der Waals surface area contributed by atoms with Gasteiger partial charge in [0.2, 0.25) is 0 Å². The second-order valence-corrected chi connectivity index (χ2v) is 7.85. The molecule has 3 rings (SSSR count). The fourth-order valence-corrected chi connectivity index (χ4v) is 5.92. The number of methoxy groups -OCH3 is 1. The van der Waals surface area contributed by atoms with Gasteiger partial charge in [-0.25, -0.2) is 8.42 Å². The molecule has 1 aliphatic rings. The van der Waals surface area contributed by atoms with Crippen molar-refractivity contribution in [2.75, 3.05) is 12.9 Å². The first-order chi connectivity index (χ1) is 9.62. The SMILES string of the molecule is COc1cccc2c1C(Sc1ccccc1)CS2(=O)=O. The first-order valence-corrected chi connectivity index (χ1v) is 8.76. The van der Waals surface area contributed by atoms with E-state index in [1.807, 2.05) is 36.4 Å². The van der Waals surface area contributed by atoms with Gasteiger partial charge in [-0.15, -0.1) is 11.8 Å². The van der Waals surface area contributed by atoms with Crippen LogP contribution in [0.25, 0.3) is 0 Å². The number of sulfone groups is 1. The highest BCUT2D eigenvalue weighted by molar-refractivity contribution is 8.01. The summed E-state index contributed by atoms with van der Waals surface area (Å²) in [6.07, 6.45) is 0. The number of hydrogen-bond donors (Lipinski definition) is 0. The molecular weight excluding hydrogens is 292 g/mol. The second kappa shape index (κ2) is 5.14. The van der Waals surface area contributed by atoms with E-state index in [0.717, 1.165) is 10.5 Å². The van der Waals surface area contributed by atoms with Gasteiger partial charge in [-0.1, -0.05) is 24.3 Å². The first-order valence-electron chi connectivity index (χ1n) is 6.23. The molecule has 0 aliphatic carbocycles. The smallest absolute Gasteiger partial charge is 0.180 e. The van der Waals surface area contributed by atoms with Gasteiger partial charge in [0, 0.05) is 10.5 Å². The number of rotatable bonds is 3. The molecule has 104 valence electrons. The van der Waals surface area contributed by atoms with E-state index in [9.17, 15) is 8.42 Å². The molecule has 0 aromatic heterocycles.